The lowest BCUT2D eigenvalue weighted by molar-refractivity contribution is 0.505. The topological polar surface area (TPSA) is 29.5 Å². The van der Waals surface area contributed by atoms with Gasteiger partial charge in [0.1, 0.15) is 0 Å². The molecular formula is C19H16NO2P. The van der Waals surface area contributed by atoms with E-state index in [4.69, 9.17) is 4.52 Å². The molecule has 1 unspecified atom stereocenters. The monoisotopic (exact) mass is 321 g/mol. The van der Waals surface area contributed by atoms with E-state index in [2.05, 4.69) is 0 Å². The summed E-state index contributed by atoms with van der Waals surface area (Å²) in [5.41, 5.74) is 2.87. The molecule has 114 valence electrons. The van der Waals surface area contributed by atoms with Gasteiger partial charge in [0.15, 0.2) is 5.75 Å². The first-order valence-corrected chi connectivity index (χ1v) is 9.08. The third-order valence-corrected chi connectivity index (χ3v) is 6.31. The molecule has 0 amide bonds. The molecule has 0 fully saturated rings. The maximum Gasteiger partial charge on any atom is 0.378 e. The maximum atomic E-state index is 13.8. The Kier molecular flexibility index (Phi) is 3.24. The van der Waals surface area contributed by atoms with Crippen LogP contribution in [-0.2, 0) is 4.57 Å². The van der Waals surface area contributed by atoms with Crippen LogP contribution in [0.2, 0.25) is 0 Å². The van der Waals surface area contributed by atoms with Crippen LogP contribution in [0.25, 0.3) is 0 Å². The summed E-state index contributed by atoms with van der Waals surface area (Å²) in [5.74, 6) is 0.653. The van der Waals surface area contributed by atoms with Crippen molar-refractivity contribution in [2.45, 2.75) is 6.92 Å². The Hall–Kier alpha value is -2.51. The average Bonchev–Trinajstić information content (AvgIpc) is 2.90. The normalized spacial score (nSPS) is 19.3. The molecule has 0 saturated carbocycles. The van der Waals surface area contributed by atoms with Gasteiger partial charge in [0.2, 0.25) is 0 Å². The van der Waals surface area contributed by atoms with E-state index in [1.54, 1.807) is 0 Å². The molecular weight excluding hydrogens is 305 g/mol. The average molecular weight is 321 g/mol. The molecule has 0 aromatic heterocycles. The van der Waals surface area contributed by atoms with Crippen molar-refractivity contribution in [2.24, 2.45) is 0 Å². The van der Waals surface area contributed by atoms with Crippen molar-refractivity contribution in [3.05, 3.63) is 84.4 Å². The summed E-state index contributed by atoms with van der Waals surface area (Å²) in [4.78, 5) is 0. The standard InChI is InChI=1S/C19H16NO2P/c1-15-11-13-16(14-12-15)20-18-9-5-6-10-19(18)22-23(20,21)17-7-3-2-4-8-17/h2-14H,1H3. The number of fused-ring (bicyclic) bond motifs is 1. The highest BCUT2D eigenvalue weighted by molar-refractivity contribution is 7.69. The summed E-state index contributed by atoms with van der Waals surface area (Å²) in [6, 6.07) is 25.0. The van der Waals surface area contributed by atoms with Gasteiger partial charge in [-0.25, -0.2) is 4.57 Å². The minimum atomic E-state index is -3.22. The fourth-order valence-corrected chi connectivity index (χ4v) is 5.06. The molecule has 0 N–H and O–H groups in total. The number of hydrogen-bond donors (Lipinski definition) is 0. The van der Waals surface area contributed by atoms with Crippen molar-refractivity contribution in [3.8, 4) is 5.75 Å². The van der Waals surface area contributed by atoms with Crippen molar-refractivity contribution in [1.29, 1.82) is 0 Å². The zero-order chi connectivity index (χ0) is 15.9. The second-order valence-electron chi connectivity index (χ2n) is 5.56. The molecule has 4 heteroatoms. The first-order chi connectivity index (χ1) is 11.2. The summed E-state index contributed by atoms with van der Waals surface area (Å²) >= 11 is 0. The van der Waals surface area contributed by atoms with Gasteiger partial charge in [-0.3, -0.25) is 4.67 Å². The van der Waals surface area contributed by atoms with Crippen LogP contribution in [0.1, 0.15) is 5.56 Å². The van der Waals surface area contributed by atoms with Crippen LogP contribution in [0.5, 0.6) is 5.75 Å². The summed E-state index contributed by atoms with van der Waals surface area (Å²) in [6.07, 6.45) is 0. The van der Waals surface area contributed by atoms with Gasteiger partial charge in [0, 0.05) is 0 Å². The molecule has 23 heavy (non-hydrogen) atoms. The maximum absolute atomic E-state index is 13.8. The fourth-order valence-electron chi connectivity index (χ4n) is 2.79. The Balaban J connectivity index is 1.93. The predicted molar refractivity (Wildman–Crippen MR) is 94.1 cm³/mol. The van der Waals surface area contributed by atoms with E-state index in [0.29, 0.717) is 11.1 Å². The van der Waals surface area contributed by atoms with Gasteiger partial charge < -0.3 is 4.52 Å². The van der Waals surface area contributed by atoms with Gasteiger partial charge in [0.25, 0.3) is 0 Å². The highest BCUT2D eigenvalue weighted by Crippen LogP contribution is 2.64. The smallest absolute Gasteiger partial charge is 0.378 e. The minimum Gasteiger partial charge on any atom is -0.423 e. The molecule has 1 aliphatic rings. The number of benzene rings is 3. The Morgan fingerprint density at radius 1 is 0.826 bits per heavy atom. The molecule has 3 aromatic carbocycles. The molecule has 0 bridgehead atoms. The Bertz CT molecular complexity index is 891. The van der Waals surface area contributed by atoms with Crippen LogP contribution in [0.3, 0.4) is 0 Å². The third-order valence-electron chi connectivity index (χ3n) is 3.94. The van der Waals surface area contributed by atoms with E-state index < -0.39 is 7.52 Å². The van der Waals surface area contributed by atoms with Crippen molar-refractivity contribution in [1.82, 2.24) is 0 Å². The number of rotatable bonds is 2. The first-order valence-electron chi connectivity index (χ1n) is 7.50. The molecule has 0 spiro atoms. The lowest BCUT2D eigenvalue weighted by Gasteiger charge is -2.25. The summed E-state index contributed by atoms with van der Waals surface area (Å²) < 4.78 is 21.6. The largest absolute Gasteiger partial charge is 0.423 e. The third kappa shape index (κ3) is 2.25. The van der Waals surface area contributed by atoms with Crippen molar-refractivity contribution >= 4 is 24.2 Å². The molecule has 1 atom stereocenters. The molecule has 0 radical (unpaired) electrons. The second-order valence-corrected chi connectivity index (χ2v) is 7.70. The van der Waals surface area contributed by atoms with Crippen LogP contribution < -0.4 is 14.5 Å². The number of nitrogens with zero attached hydrogens (tertiary/aromatic N) is 1. The minimum absolute atomic E-state index is 0.653. The molecule has 3 nitrogen and oxygen atoms in total. The summed E-state index contributed by atoms with van der Waals surface area (Å²) in [7, 11) is -3.22. The van der Waals surface area contributed by atoms with Crippen molar-refractivity contribution < 1.29 is 9.09 Å². The van der Waals surface area contributed by atoms with Gasteiger partial charge in [0.05, 0.1) is 16.7 Å². The highest BCUT2D eigenvalue weighted by Gasteiger charge is 2.44. The van der Waals surface area contributed by atoms with E-state index in [0.717, 1.165) is 16.9 Å². The van der Waals surface area contributed by atoms with Gasteiger partial charge in [-0.05, 0) is 43.3 Å². The van der Waals surface area contributed by atoms with E-state index >= 15 is 0 Å². The number of hydrogen-bond acceptors (Lipinski definition) is 2. The van der Waals surface area contributed by atoms with Crippen molar-refractivity contribution in [3.63, 3.8) is 0 Å². The molecule has 0 aliphatic carbocycles. The molecule has 3 aromatic rings. The summed E-state index contributed by atoms with van der Waals surface area (Å²) in [6.45, 7) is 2.04. The second kappa shape index (κ2) is 5.29. The van der Waals surface area contributed by atoms with Crippen molar-refractivity contribution in [2.75, 3.05) is 4.67 Å². The van der Waals surface area contributed by atoms with Gasteiger partial charge in [-0.2, -0.15) is 0 Å². The van der Waals surface area contributed by atoms with Crippen LogP contribution in [0.4, 0.5) is 11.4 Å². The number of anilines is 2. The number of aryl methyl sites for hydroxylation is 1. The highest BCUT2D eigenvalue weighted by atomic mass is 31.2. The molecule has 1 aliphatic heterocycles. The zero-order valence-electron chi connectivity index (χ0n) is 12.7. The lowest BCUT2D eigenvalue weighted by Crippen LogP contribution is -2.20. The molecule has 0 saturated heterocycles. The Morgan fingerprint density at radius 2 is 1.48 bits per heavy atom. The van der Waals surface area contributed by atoms with Gasteiger partial charge >= 0.3 is 7.52 Å². The van der Waals surface area contributed by atoms with Crippen LogP contribution in [0.15, 0.2) is 78.9 Å². The van der Waals surface area contributed by atoms with E-state index in [1.807, 2.05) is 90.5 Å². The van der Waals surface area contributed by atoms with E-state index in [1.165, 1.54) is 0 Å². The van der Waals surface area contributed by atoms with Crippen LogP contribution in [-0.4, -0.2) is 0 Å². The fraction of sp³-hybridized carbons (Fsp3) is 0.0526. The Labute approximate surface area is 135 Å². The first kappa shape index (κ1) is 14.1. The SMILES string of the molecule is Cc1ccc(N2c3ccccc3OP2(=O)c2ccccc2)cc1. The summed E-state index contributed by atoms with van der Waals surface area (Å²) in [5, 5.41) is 0.691. The van der Waals surface area contributed by atoms with Gasteiger partial charge in [-0.15, -0.1) is 0 Å². The van der Waals surface area contributed by atoms with Crippen LogP contribution >= 0.6 is 7.52 Å². The molecule has 4 rings (SSSR count). The number of para-hydroxylation sites is 2. The van der Waals surface area contributed by atoms with Crippen LogP contribution in [0, 0.1) is 6.92 Å². The Morgan fingerprint density at radius 3 is 2.22 bits per heavy atom. The predicted octanol–water partition coefficient (Wildman–Crippen LogP) is 5.04. The van der Waals surface area contributed by atoms with Gasteiger partial charge in [-0.1, -0.05) is 48.0 Å². The molecule has 1 heterocycles. The zero-order valence-corrected chi connectivity index (χ0v) is 13.6. The van der Waals surface area contributed by atoms with E-state index in [-0.39, 0.29) is 0 Å². The van der Waals surface area contributed by atoms with E-state index in [9.17, 15) is 4.57 Å². The lowest BCUT2D eigenvalue weighted by atomic mass is 10.2. The quantitative estimate of drug-likeness (QED) is 0.619.